The molecule has 1 N–H and O–H groups in total. The van der Waals surface area contributed by atoms with Gasteiger partial charge in [0.2, 0.25) is 0 Å². The average molecular weight is 336 g/mol. The van der Waals surface area contributed by atoms with Gasteiger partial charge in [-0.2, -0.15) is 0 Å². The fraction of sp³-hybridized carbons (Fsp3) is 0.0400. The lowest BCUT2D eigenvalue weighted by Gasteiger charge is -2.16. The number of hydrogen-bond donors (Lipinski definition) is 1. The first-order valence-corrected chi connectivity index (χ1v) is 8.82. The van der Waals surface area contributed by atoms with E-state index in [4.69, 9.17) is 0 Å². The zero-order valence-electron chi connectivity index (χ0n) is 14.5. The molecule has 0 aliphatic rings. The van der Waals surface area contributed by atoms with Crippen LogP contribution in [0.3, 0.4) is 0 Å². The fourth-order valence-corrected chi connectivity index (χ4v) is 3.42. The van der Waals surface area contributed by atoms with E-state index in [0.717, 1.165) is 28.7 Å². The Labute approximate surface area is 154 Å². The minimum atomic E-state index is 0.312. The van der Waals surface area contributed by atoms with Crippen LogP contribution in [0.25, 0.3) is 22.3 Å². The summed E-state index contributed by atoms with van der Waals surface area (Å²) in [5.74, 6) is 0.312. The maximum atomic E-state index is 10.7. The molecule has 0 radical (unpaired) electrons. The summed E-state index contributed by atoms with van der Waals surface area (Å²) in [6, 6.07) is 34.7. The van der Waals surface area contributed by atoms with Gasteiger partial charge in [-0.1, -0.05) is 97.1 Å². The SMILES string of the molecule is Oc1cccc(-c2ccccc2)c1-c1ccccc1Cc1ccccc1. The minimum Gasteiger partial charge on any atom is -0.507 e. The average Bonchev–Trinajstić information content (AvgIpc) is 2.70. The summed E-state index contributed by atoms with van der Waals surface area (Å²) in [7, 11) is 0. The number of benzene rings is 4. The molecule has 0 saturated carbocycles. The van der Waals surface area contributed by atoms with Gasteiger partial charge in [0.1, 0.15) is 5.75 Å². The lowest BCUT2D eigenvalue weighted by atomic mass is 9.89. The van der Waals surface area contributed by atoms with Crippen LogP contribution in [0.1, 0.15) is 11.1 Å². The fourth-order valence-electron chi connectivity index (χ4n) is 3.42. The van der Waals surface area contributed by atoms with E-state index in [1.54, 1.807) is 6.07 Å². The summed E-state index contributed by atoms with van der Waals surface area (Å²) in [5, 5.41) is 10.7. The van der Waals surface area contributed by atoms with E-state index in [1.807, 2.05) is 36.4 Å². The Hall–Kier alpha value is -3.32. The Morgan fingerprint density at radius 1 is 0.538 bits per heavy atom. The van der Waals surface area contributed by atoms with Crippen LogP contribution in [0.5, 0.6) is 5.75 Å². The number of hydrogen-bond acceptors (Lipinski definition) is 1. The van der Waals surface area contributed by atoms with Crippen LogP contribution >= 0.6 is 0 Å². The van der Waals surface area contributed by atoms with Gasteiger partial charge in [-0.3, -0.25) is 0 Å². The maximum Gasteiger partial charge on any atom is 0.124 e. The normalized spacial score (nSPS) is 10.6. The zero-order valence-corrected chi connectivity index (χ0v) is 14.5. The van der Waals surface area contributed by atoms with Crippen LogP contribution in [0.4, 0.5) is 0 Å². The molecule has 1 nitrogen and oxygen atoms in total. The molecule has 1 heteroatoms. The van der Waals surface area contributed by atoms with Gasteiger partial charge in [-0.25, -0.2) is 0 Å². The molecule has 0 atom stereocenters. The Morgan fingerprint density at radius 3 is 1.92 bits per heavy atom. The third kappa shape index (κ3) is 3.25. The molecule has 0 spiro atoms. The molecule has 126 valence electrons. The highest BCUT2D eigenvalue weighted by Crippen LogP contribution is 2.40. The molecule has 0 unspecified atom stereocenters. The molecule has 0 saturated heterocycles. The van der Waals surface area contributed by atoms with E-state index in [-0.39, 0.29) is 0 Å². The first-order chi connectivity index (χ1) is 12.8. The highest BCUT2D eigenvalue weighted by molar-refractivity contribution is 5.88. The highest BCUT2D eigenvalue weighted by Gasteiger charge is 2.15. The van der Waals surface area contributed by atoms with Gasteiger partial charge in [0.05, 0.1) is 0 Å². The summed E-state index contributed by atoms with van der Waals surface area (Å²) in [6.07, 6.45) is 0.833. The number of phenolic OH excluding ortho intramolecular Hbond substituents is 1. The zero-order chi connectivity index (χ0) is 17.8. The topological polar surface area (TPSA) is 20.2 Å². The largest absolute Gasteiger partial charge is 0.507 e. The molecular formula is C25H20O. The van der Waals surface area contributed by atoms with Gasteiger partial charge < -0.3 is 5.11 Å². The molecule has 0 aliphatic carbocycles. The molecule has 4 aromatic rings. The van der Waals surface area contributed by atoms with Crippen molar-refractivity contribution in [2.75, 3.05) is 0 Å². The second-order valence-electron chi connectivity index (χ2n) is 6.39. The molecule has 0 aromatic heterocycles. The van der Waals surface area contributed by atoms with Crippen molar-refractivity contribution in [1.29, 1.82) is 0 Å². The Balaban J connectivity index is 1.87. The minimum absolute atomic E-state index is 0.312. The van der Waals surface area contributed by atoms with Gasteiger partial charge in [-0.15, -0.1) is 0 Å². The van der Waals surface area contributed by atoms with E-state index in [9.17, 15) is 5.11 Å². The Bertz CT molecular complexity index is 1000. The summed E-state index contributed by atoms with van der Waals surface area (Å²) in [4.78, 5) is 0. The van der Waals surface area contributed by atoms with Crippen molar-refractivity contribution in [2.45, 2.75) is 6.42 Å². The second kappa shape index (κ2) is 7.28. The Kier molecular flexibility index (Phi) is 4.53. The molecule has 0 fully saturated rings. The van der Waals surface area contributed by atoms with Crippen LogP contribution in [-0.4, -0.2) is 5.11 Å². The summed E-state index contributed by atoms with van der Waals surface area (Å²) in [6.45, 7) is 0. The highest BCUT2D eigenvalue weighted by atomic mass is 16.3. The van der Waals surface area contributed by atoms with Crippen LogP contribution in [0.2, 0.25) is 0 Å². The van der Waals surface area contributed by atoms with Gasteiger partial charge in [0.15, 0.2) is 0 Å². The third-order valence-electron chi connectivity index (χ3n) is 4.65. The van der Waals surface area contributed by atoms with Crippen LogP contribution in [-0.2, 0) is 6.42 Å². The molecule has 0 bridgehead atoms. The van der Waals surface area contributed by atoms with Crippen molar-refractivity contribution < 1.29 is 5.11 Å². The van der Waals surface area contributed by atoms with Crippen LogP contribution < -0.4 is 0 Å². The van der Waals surface area contributed by atoms with Gasteiger partial charge in [-0.05, 0) is 40.3 Å². The van der Waals surface area contributed by atoms with E-state index in [1.165, 1.54) is 11.1 Å². The molecule has 4 aromatic carbocycles. The van der Waals surface area contributed by atoms with Crippen molar-refractivity contribution in [1.82, 2.24) is 0 Å². The van der Waals surface area contributed by atoms with E-state index < -0.39 is 0 Å². The quantitative estimate of drug-likeness (QED) is 0.462. The van der Waals surface area contributed by atoms with Crippen LogP contribution in [0, 0.1) is 0 Å². The summed E-state index contributed by atoms with van der Waals surface area (Å²) >= 11 is 0. The standard InChI is InChI=1S/C25H20O/c26-24-17-9-16-22(20-12-5-2-6-13-20)25(24)23-15-8-7-14-21(23)18-19-10-3-1-4-11-19/h1-17,26H,18H2. The third-order valence-corrected chi connectivity index (χ3v) is 4.65. The molecule has 0 amide bonds. The van der Waals surface area contributed by atoms with Gasteiger partial charge >= 0.3 is 0 Å². The van der Waals surface area contributed by atoms with E-state index in [2.05, 4.69) is 60.7 Å². The van der Waals surface area contributed by atoms with Crippen molar-refractivity contribution in [3.05, 3.63) is 114 Å². The predicted octanol–water partition coefficient (Wildman–Crippen LogP) is 6.32. The van der Waals surface area contributed by atoms with Gasteiger partial charge in [0, 0.05) is 5.56 Å². The molecule has 0 heterocycles. The summed E-state index contributed by atoms with van der Waals surface area (Å²) < 4.78 is 0. The smallest absolute Gasteiger partial charge is 0.124 e. The first kappa shape index (κ1) is 16.2. The molecule has 0 aliphatic heterocycles. The molecule has 26 heavy (non-hydrogen) atoms. The predicted molar refractivity (Wildman–Crippen MR) is 108 cm³/mol. The number of rotatable bonds is 4. The molecular weight excluding hydrogens is 316 g/mol. The van der Waals surface area contributed by atoms with Crippen molar-refractivity contribution in [2.24, 2.45) is 0 Å². The van der Waals surface area contributed by atoms with Crippen molar-refractivity contribution in [3.63, 3.8) is 0 Å². The lowest BCUT2D eigenvalue weighted by Crippen LogP contribution is -1.94. The van der Waals surface area contributed by atoms with Crippen LogP contribution in [0.15, 0.2) is 103 Å². The second-order valence-corrected chi connectivity index (χ2v) is 6.39. The molecule has 4 rings (SSSR count). The van der Waals surface area contributed by atoms with Crippen molar-refractivity contribution in [3.8, 4) is 28.0 Å². The maximum absolute atomic E-state index is 10.7. The van der Waals surface area contributed by atoms with E-state index >= 15 is 0 Å². The first-order valence-electron chi connectivity index (χ1n) is 8.82. The van der Waals surface area contributed by atoms with Gasteiger partial charge in [0.25, 0.3) is 0 Å². The lowest BCUT2D eigenvalue weighted by molar-refractivity contribution is 0.477. The number of phenols is 1. The Morgan fingerprint density at radius 2 is 1.15 bits per heavy atom. The summed E-state index contributed by atoms with van der Waals surface area (Å²) in [5.41, 5.74) is 6.59. The van der Waals surface area contributed by atoms with E-state index in [0.29, 0.717) is 5.75 Å². The van der Waals surface area contributed by atoms with Crippen molar-refractivity contribution >= 4 is 0 Å². The monoisotopic (exact) mass is 336 g/mol. The number of aromatic hydroxyl groups is 1.